The van der Waals surface area contributed by atoms with E-state index in [1.54, 1.807) is 0 Å². The van der Waals surface area contributed by atoms with E-state index in [4.69, 9.17) is 10.3 Å². The number of hydrogen-bond acceptors (Lipinski definition) is 5. The Morgan fingerprint density at radius 1 is 1.39 bits per heavy atom. The van der Waals surface area contributed by atoms with Crippen LogP contribution in [0.4, 0.5) is 0 Å². The summed E-state index contributed by atoms with van der Waals surface area (Å²) in [6, 6.07) is 0. The number of thioether (sulfide) groups is 1. The van der Waals surface area contributed by atoms with Crippen LogP contribution in [0.3, 0.4) is 0 Å². The van der Waals surface area contributed by atoms with E-state index < -0.39 is 0 Å². The lowest BCUT2D eigenvalue weighted by Crippen LogP contribution is -2.19. The van der Waals surface area contributed by atoms with Gasteiger partial charge in [-0.2, -0.15) is 16.7 Å². The van der Waals surface area contributed by atoms with Gasteiger partial charge in [0, 0.05) is 6.54 Å². The first kappa shape index (κ1) is 15.5. The molecule has 0 saturated heterocycles. The maximum absolute atomic E-state index is 5.81. The van der Waals surface area contributed by atoms with Crippen LogP contribution in [0.15, 0.2) is 4.52 Å². The van der Waals surface area contributed by atoms with Crippen molar-refractivity contribution in [3.63, 3.8) is 0 Å². The molecule has 0 radical (unpaired) electrons. The van der Waals surface area contributed by atoms with Crippen molar-refractivity contribution in [2.24, 2.45) is 11.1 Å². The Bertz CT molecular complexity index is 346. The molecule has 1 rings (SSSR count). The van der Waals surface area contributed by atoms with Gasteiger partial charge in [0.15, 0.2) is 5.82 Å². The van der Waals surface area contributed by atoms with E-state index in [1.165, 1.54) is 6.42 Å². The quantitative estimate of drug-likeness (QED) is 0.771. The van der Waals surface area contributed by atoms with Crippen LogP contribution in [0.5, 0.6) is 0 Å². The smallest absolute Gasteiger partial charge is 0.231 e. The Morgan fingerprint density at radius 2 is 2.11 bits per heavy atom. The lowest BCUT2D eigenvalue weighted by Gasteiger charge is -2.22. The molecule has 0 fully saturated rings. The van der Waals surface area contributed by atoms with Crippen LogP contribution in [0.2, 0.25) is 0 Å². The van der Waals surface area contributed by atoms with Crippen LogP contribution in [0.1, 0.15) is 58.2 Å². The first-order valence-electron chi connectivity index (χ1n) is 6.56. The SMILES string of the molecule is CCCSCc1noc(C(CN)CC(C)(C)C)n1. The lowest BCUT2D eigenvalue weighted by atomic mass is 9.84. The summed E-state index contributed by atoms with van der Waals surface area (Å²) >= 11 is 1.84. The predicted molar refractivity (Wildman–Crippen MR) is 76.6 cm³/mol. The van der Waals surface area contributed by atoms with Gasteiger partial charge in [0.25, 0.3) is 0 Å². The molecule has 4 nitrogen and oxygen atoms in total. The van der Waals surface area contributed by atoms with Gasteiger partial charge < -0.3 is 10.3 Å². The molecule has 0 saturated carbocycles. The van der Waals surface area contributed by atoms with Gasteiger partial charge in [-0.05, 0) is 24.0 Å². The van der Waals surface area contributed by atoms with E-state index in [1.807, 2.05) is 11.8 Å². The van der Waals surface area contributed by atoms with Gasteiger partial charge in [-0.1, -0.05) is 32.9 Å². The molecular weight excluding hydrogens is 246 g/mol. The van der Waals surface area contributed by atoms with Gasteiger partial charge in [-0.15, -0.1) is 0 Å². The fraction of sp³-hybridized carbons (Fsp3) is 0.846. The predicted octanol–water partition coefficient (Wildman–Crippen LogP) is 3.19. The van der Waals surface area contributed by atoms with Crippen molar-refractivity contribution in [3.8, 4) is 0 Å². The Morgan fingerprint density at radius 3 is 2.67 bits per heavy atom. The molecule has 1 atom stereocenters. The zero-order valence-corrected chi connectivity index (χ0v) is 12.7. The molecule has 2 N–H and O–H groups in total. The Balaban J connectivity index is 2.59. The number of hydrogen-bond donors (Lipinski definition) is 1. The summed E-state index contributed by atoms with van der Waals surface area (Å²) in [7, 11) is 0. The summed E-state index contributed by atoms with van der Waals surface area (Å²) in [5.41, 5.74) is 6.03. The van der Waals surface area contributed by atoms with Crippen molar-refractivity contribution in [2.45, 2.75) is 52.2 Å². The molecule has 5 heteroatoms. The second kappa shape index (κ2) is 7.14. The Labute approximate surface area is 114 Å². The first-order valence-corrected chi connectivity index (χ1v) is 7.72. The van der Waals surface area contributed by atoms with Gasteiger partial charge in [0.05, 0.1) is 11.7 Å². The molecule has 0 aromatic carbocycles. The largest absolute Gasteiger partial charge is 0.339 e. The Kier molecular flexibility index (Phi) is 6.15. The summed E-state index contributed by atoms with van der Waals surface area (Å²) in [5, 5.41) is 4.02. The second-order valence-electron chi connectivity index (χ2n) is 5.80. The molecule has 0 amide bonds. The standard InChI is InChI=1S/C13H25N3OS/c1-5-6-18-9-11-15-12(17-16-11)10(8-14)7-13(2,3)4/h10H,5-9,14H2,1-4H3. The van der Waals surface area contributed by atoms with Crippen LogP contribution < -0.4 is 5.73 Å². The average Bonchev–Trinajstić information content (AvgIpc) is 2.74. The fourth-order valence-corrected chi connectivity index (χ4v) is 2.54. The highest BCUT2D eigenvalue weighted by Gasteiger charge is 2.23. The molecule has 0 spiro atoms. The number of nitrogens with two attached hydrogens (primary N) is 1. The van der Waals surface area contributed by atoms with Crippen molar-refractivity contribution < 1.29 is 4.52 Å². The average molecular weight is 271 g/mol. The molecule has 1 aromatic rings. The van der Waals surface area contributed by atoms with Crippen LogP contribution in [-0.4, -0.2) is 22.4 Å². The van der Waals surface area contributed by atoms with Gasteiger partial charge in [0.2, 0.25) is 5.89 Å². The minimum absolute atomic E-state index is 0.169. The van der Waals surface area contributed by atoms with Crippen LogP contribution in [-0.2, 0) is 5.75 Å². The lowest BCUT2D eigenvalue weighted by molar-refractivity contribution is 0.286. The molecule has 18 heavy (non-hydrogen) atoms. The van der Waals surface area contributed by atoms with E-state index in [0.717, 1.165) is 23.8 Å². The topological polar surface area (TPSA) is 64.9 Å². The fourth-order valence-electron chi connectivity index (χ4n) is 1.81. The van der Waals surface area contributed by atoms with Crippen molar-refractivity contribution in [3.05, 3.63) is 11.7 Å². The van der Waals surface area contributed by atoms with Gasteiger partial charge in [-0.3, -0.25) is 0 Å². The number of nitrogens with zero attached hydrogens (tertiary/aromatic N) is 2. The highest BCUT2D eigenvalue weighted by Crippen LogP contribution is 2.29. The minimum Gasteiger partial charge on any atom is -0.339 e. The third-order valence-electron chi connectivity index (χ3n) is 2.56. The van der Waals surface area contributed by atoms with E-state index >= 15 is 0 Å². The highest BCUT2D eigenvalue weighted by molar-refractivity contribution is 7.98. The monoisotopic (exact) mass is 271 g/mol. The molecule has 0 aliphatic heterocycles. The first-order chi connectivity index (χ1) is 8.46. The molecule has 0 aliphatic carbocycles. The van der Waals surface area contributed by atoms with Crippen molar-refractivity contribution in [2.75, 3.05) is 12.3 Å². The molecule has 1 aromatic heterocycles. The second-order valence-corrected chi connectivity index (χ2v) is 6.90. The normalized spacial score (nSPS) is 13.8. The minimum atomic E-state index is 0.169. The molecule has 104 valence electrons. The van der Waals surface area contributed by atoms with Crippen LogP contribution >= 0.6 is 11.8 Å². The Hall–Kier alpha value is -0.550. The zero-order valence-electron chi connectivity index (χ0n) is 11.9. The number of aromatic nitrogens is 2. The molecule has 0 bridgehead atoms. The third-order valence-corrected chi connectivity index (χ3v) is 3.72. The summed E-state index contributed by atoms with van der Waals surface area (Å²) in [5.74, 6) is 3.61. The van der Waals surface area contributed by atoms with Crippen molar-refractivity contribution in [1.29, 1.82) is 0 Å². The molecule has 1 unspecified atom stereocenters. The summed E-state index contributed by atoms with van der Waals surface area (Å²) < 4.78 is 5.34. The van der Waals surface area contributed by atoms with E-state index in [-0.39, 0.29) is 11.3 Å². The van der Waals surface area contributed by atoms with E-state index in [9.17, 15) is 0 Å². The van der Waals surface area contributed by atoms with Crippen molar-refractivity contribution >= 4 is 11.8 Å². The third kappa shape index (κ3) is 5.40. The van der Waals surface area contributed by atoms with E-state index in [2.05, 4.69) is 37.8 Å². The summed E-state index contributed by atoms with van der Waals surface area (Å²) in [6.07, 6.45) is 2.14. The maximum atomic E-state index is 5.81. The van der Waals surface area contributed by atoms with E-state index in [0.29, 0.717) is 12.4 Å². The maximum Gasteiger partial charge on any atom is 0.231 e. The summed E-state index contributed by atoms with van der Waals surface area (Å²) in [6.45, 7) is 9.32. The highest BCUT2D eigenvalue weighted by atomic mass is 32.2. The van der Waals surface area contributed by atoms with Crippen molar-refractivity contribution in [1.82, 2.24) is 10.1 Å². The van der Waals surface area contributed by atoms with Gasteiger partial charge in [-0.25, -0.2) is 0 Å². The number of rotatable bonds is 7. The van der Waals surface area contributed by atoms with Crippen LogP contribution in [0.25, 0.3) is 0 Å². The van der Waals surface area contributed by atoms with Gasteiger partial charge >= 0.3 is 0 Å². The van der Waals surface area contributed by atoms with Gasteiger partial charge in [0.1, 0.15) is 0 Å². The summed E-state index contributed by atoms with van der Waals surface area (Å²) in [4.78, 5) is 4.46. The molecule has 1 heterocycles. The zero-order chi connectivity index (χ0) is 13.6. The van der Waals surface area contributed by atoms with Crippen LogP contribution in [0, 0.1) is 5.41 Å². The molecule has 0 aliphatic rings. The molecular formula is C13H25N3OS.